The molecular weight excluding hydrogens is 467 g/mol. The van der Waals surface area contributed by atoms with Gasteiger partial charge in [-0.2, -0.15) is 5.26 Å². The average molecular weight is 481 g/mol. The minimum absolute atomic E-state index is 0.123. The Morgan fingerprint density at radius 2 is 1.88 bits per heavy atom. The predicted octanol–water partition coefficient (Wildman–Crippen LogP) is 6.81. The van der Waals surface area contributed by atoms with Crippen LogP contribution in [0.1, 0.15) is 17.6 Å². The molecule has 0 bridgehead atoms. The average Bonchev–Trinajstić information content (AvgIpc) is 3.44. The van der Waals surface area contributed by atoms with Gasteiger partial charge < -0.3 is 0 Å². The third-order valence-corrected chi connectivity index (χ3v) is 6.37. The Balaban J connectivity index is 1.64. The van der Waals surface area contributed by atoms with Gasteiger partial charge in [-0.1, -0.05) is 35.9 Å². The molecule has 0 N–H and O–H groups in total. The molecule has 5 nitrogen and oxygen atoms in total. The number of aromatic nitrogens is 2. The number of anilines is 2. The summed E-state index contributed by atoms with van der Waals surface area (Å²) >= 11 is 8.47. The molecule has 0 unspecified atom stereocenters. The first kappa shape index (κ1) is 21.8. The molecule has 2 heterocycles. The van der Waals surface area contributed by atoms with Crippen molar-refractivity contribution in [3.63, 3.8) is 0 Å². The van der Waals surface area contributed by atoms with E-state index in [4.69, 9.17) is 11.6 Å². The monoisotopic (exact) mass is 480 g/mol. The SMILES string of the molecule is CC(=O)N(c1nc(/C=C(\C#N)c2nc(-c3ccc(Cl)cc3)cs2)cs1)c1ccccc1F. The van der Waals surface area contributed by atoms with Crippen LogP contribution in [0.2, 0.25) is 5.02 Å². The molecule has 0 fully saturated rings. The van der Waals surface area contributed by atoms with Gasteiger partial charge in [-0.15, -0.1) is 22.7 Å². The number of nitrogens with zero attached hydrogens (tertiary/aromatic N) is 4. The molecule has 0 aliphatic heterocycles. The van der Waals surface area contributed by atoms with Gasteiger partial charge in [0.15, 0.2) is 5.13 Å². The van der Waals surface area contributed by atoms with Crippen molar-refractivity contribution < 1.29 is 9.18 Å². The lowest BCUT2D eigenvalue weighted by atomic mass is 10.2. The highest BCUT2D eigenvalue weighted by molar-refractivity contribution is 7.14. The zero-order valence-electron chi connectivity index (χ0n) is 16.6. The van der Waals surface area contributed by atoms with Crippen molar-refractivity contribution >= 4 is 62.6 Å². The van der Waals surface area contributed by atoms with Crippen LogP contribution in [0.15, 0.2) is 59.3 Å². The molecule has 0 saturated heterocycles. The Morgan fingerprint density at radius 3 is 2.56 bits per heavy atom. The van der Waals surface area contributed by atoms with Crippen molar-refractivity contribution in [1.29, 1.82) is 5.26 Å². The highest BCUT2D eigenvalue weighted by atomic mass is 35.5. The summed E-state index contributed by atoms with van der Waals surface area (Å²) < 4.78 is 14.3. The van der Waals surface area contributed by atoms with E-state index in [0.717, 1.165) is 11.3 Å². The quantitative estimate of drug-likeness (QED) is 0.294. The summed E-state index contributed by atoms with van der Waals surface area (Å²) in [5, 5.41) is 14.7. The van der Waals surface area contributed by atoms with Crippen LogP contribution in [0.4, 0.5) is 15.2 Å². The van der Waals surface area contributed by atoms with Crippen molar-refractivity contribution in [3.05, 3.63) is 80.8 Å². The number of benzene rings is 2. The maximum atomic E-state index is 14.3. The lowest BCUT2D eigenvalue weighted by Crippen LogP contribution is -2.23. The molecule has 2 aromatic heterocycles. The summed E-state index contributed by atoms with van der Waals surface area (Å²) in [6, 6.07) is 15.5. The second kappa shape index (κ2) is 9.40. The maximum Gasteiger partial charge on any atom is 0.230 e. The number of rotatable bonds is 5. The third kappa shape index (κ3) is 4.60. The van der Waals surface area contributed by atoms with Gasteiger partial charge in [0.1, 0.15) is 16.9 Å². The fourth-order valence-electron chi connectivity index (χ4n) is 2.93. The molecule has 158 valence electrons. The van der Waals surface area contributed by atoms with Crippen molar-refractivity contribution in [2.45, 2.75) is 6.92 Å². The Hall–Kier alpha value is -3.38. The molecule has 9 heteroatoms. The number of hydrogen-bond donors (Lipinski definition) is 0. The molecule has 4 rings (SSSR count). The lowest BCUT2D eigenvalue weighted by Gasteiger charge is -2.18. The summed E-state index contributed by atoms with van der Waals surface area (Å²) in [6.07, 6.45) is 1.60. The highest BCUT2D eigenvalue weighted by Crippen LogP contribution is 2.32. The van der Waals surface area contributed by atoms with Crippen LogP contribution in [0.3, 0.4) is 0 Å². The van der Waals surface area contributed by atoms with Crippen LogP contribution < -0.4 is 4.90 Å². The smallest absolute Gasteiger partial charge is 0.230 e. The van der Waals surface area contributed by atoms with E-state index in [-0.39, 0.29) is 11.6 Å². The Bertz CT molecular complexity index is 1350. The number of amides is 1. The summed E-state index contributed by atoms with van der Waals surface area (Å²) in [7, 11) is 0. The molecule has 2 aromatic carbocycles. The van der Waals surface area contributed by atoms with Crippen LogP contribution in [0.5, 0.6) is 0 Å². The first-order valence-corrected chi connectivity index (χ1v) is 11.4. The van der Waals surface area contributed by atoms with E-state index in [1.807, 2.05) is 17.5 Å². The van der Waals surface area contributed by atoms with E-state index < -0.39 is 5.82 Å². The van der Waals surface area contributed by atoms with Crippen LogP contribution >= 0.6 is 34.3 Å². The van der Waals surface area contributed by atoms with Crippen molar-refractivity contribution in [1.82, 2.24) is 9.97 Å². The summed E-state index contributed by atoms with van der Waals surface area (Å²) in [5.74, 6) is -0.891. The number of para-hydroxylation sites is 1. The minimum Gasteiger partial charge on any atom is -0.274 e. The Labute approximate surface area is 196 Å². The van der Waals surface area contributed by atoms with Gasteiger partial charge in [-0.05, 0) is 30.3 Å². The number of halogens is 2. The Morgan fingerprint density at radius 1 is 1.12 bits per heavy atom. The molecular formula is C23H14ClFN4OS2. The van der Waals surface area contributed by atoms with Crippen LogP contribution in [-0.4, -0.2) is 15.9 Å². The van der Waals surface area contributed by atoms with E-state index in [1.54, 1.807) is 35.7 Å². The highest BCUT2D eigenvalue weighted by Gasteiger charge is 2.21. The van der Waals surface area contributed by atoms with Crippen molar-refractivity contribution in [2.24, 2.45) is 0 Å². The molecule has 0 spiro atoms. The van der Waals surface area contributed by atoms with Crippen LogP contribution in [0, 0.1) is 17.1 Å². The maximum absolute atomic E-state index is 14.3. The number of carbonyl (C=O) groups excluding carboxylic acids is 1. The van der Waals surface area contributed by atoms with Gasteiger partial charge >= 0.3 is 0 Å². The molecule has 0 aliphatic rings. The van der Waals surface area contributed by atoms with Gasteiger partial charge in [0.2, 0.25) is 5.91 Å². The van der Waals surface area contributed by atoms with E-state index in [9.17, 15) is 14.4 Å². The third-order valence-electron chi connectivity index (χ3n) is 4.40. The van der Waals surface area contributed by atoms with E-state index in [2.05, 4.69) is 16.0 Å². The van der Waals surface area contributed by atoms with E-state index >= 15 is 0 Å². The van der Waals surface area contributed by atoms with Gasteiger partial charge in [0, 0.05) is 28.3 Å². The number of hydrogen-bond acceptors (Lipinski definition) is 6. The second-order valence-electron chi connectivity index (χ2n) is 6.58. The fourth-order valence-corrected chi connectivity index (χ4v) is 4.68. The zero-order valence-corrected chi connectivity index (χ0v) is 19.0. The summed E-state index contributed by atoms with van der Waals surface area (Å²) in [5.41, 5.74) is 2.58. The van der Waals surface area contributed by atoms with Gasteiger partial charge in [-0.25, -0.2) is 14.4 Å². The standard InChI is InChI=1S/C23H14ClFN4OS2/c1-14(30)29(21-5-3-2-4-19(21)25)23-27-18(12-32-23)10-16(11-26)22-28-20(13-31-22)15-6-8-17(24)9-7-15/h2-10,12-13H,1H3/b16-10+. The van der Waals surface area contributed by atoms with Crippen LogP contribution in [0.25, 0.3) is 22.9 Å². The van der Waals surface area contributed by atoms with E-state index in [0.29, 0.717) is 26.4 Å². The molecule has 4 aromatic rings. The first-order chi connectivity index (χ1) is 15.5. The topological polar surface area (TPSA) is 69.9 Å². The molecule has 0 aliphatic carbocycles. The van der Waals surface area contributed by atoms with Gasteiger partial charge in [0.05, 0.1) is 22.6 Å². The zero-order chi connectivity index (χ0) is 22.7. The first-order valence-electron chi connectivity index (χ1n) is 9.30. The van der Waals surface area contributed by atoms with Crippen molar-refractivity contribution in [3.8, 4) is 17.3 Å². The summed E-state index contributed by atoms with van der Waals surface area (Å²) in [6.45, 7) is 1.35. The van der Waals surface area contributed by atoms with Gasteiger partial charge in [0.25, 0.3) is 0 Å². The predicted molar refractivity (Wildman–Crippen MR) is 127 cm³/mol. The fraction of sp³-hybridized carbons (Fsp3) is 0.0435. The minimum atomic E-state index is -0.523. The molecule has 0 saturated carbocycles. The van der Waals surface area contributed by atoms with Gasteiger partial charge in [-0.3, -0.25) is 9.69 Å². The molecule has 1 amide bonds. The number of nitriles is 1. The van der Waals surface area contributed by atoms with Crippen LogP contribution in [-0.2, 0) is 4.79 Å². The Kier molecular flexibility index (Phi) is 6.42. The van der Waals surface area contributed by atoms with Crippen molar-refractivity contribution in [2.75, 3.05) is 4.90 Å². The molecule has 0 radical (unpaired) electrons. The number of allylic oxidation sites excluding steroid dienone is 1. The lowest BCUT2D eigenvalue weighted by molar-refractivity contribution is -0.115. The molecule has 0 atom stereocenters. The normalized spacial score (nSPS) is 11.2. The number of thiazole rings is 2. The largest absolute Gasteiger partial charge is 0.274 e. The van der Waals surface area contributed by atoms with E-state index in [1.165, 1.54) is 46.6 Å². The number of carbonyl (C=O) groups is 1. The molecule has 32 heavy (non-hydrogen) atoms. The summed E-state index contributed by atoms with van der Waals surface area (Å²) in [4.78, 5) is 22.4. The second-order valence-corrected chi connectivity index (χ2v) is 8.71.